The van der Waals surface area contributed by atoms with Crippen LogP contribution in [0.4, 0.5) is 0 Å². The first kappa shape index (κ1) is 11.8. The van der Waals surface area contributed by atoms with Crippen LogP contribution in [-0.4, -0.2) is 19.2 Å². The van der Waals surface area contributed by atoms with Crippen molar-refractivity contribution >= 4 is 0 Å². The normalized spacial score (nSPS) is 20.4. The van der Waals surface area contributed by atoms with Gasteiger partial charge in [-0.2, -0.15) is 0 Å². The zero-order valence-electron chi connectivity index (χ0n) is 11.0. The number of benzene rings is 1. The fourth-order valence-corrected chi connectivity index (χ4v) is 3.20. The summed E-state index contributed by atoms with van der Waals surface area (Å²) < 4.78 is 5.78. The van der Waals surface area contributed by atoms with Gasteiger partial charge in [0.05, 0.1) is 12.6 Å². The molecule has 1 heterocycles. The van der Waals surface area contributed by atoms with Crippen LogP contribution in [0.5, 0.6) is 0 Å². The van der Waals surface area contributed by atoms with E-state index < -0.39 is 0 Å². The summed E-state index contributed by atoms with van der Waals surface area (Å²) in [6.45, 7) is 4.03. The van der Waals surface area contributed by atoms with E-state index in [1.807, 2.05) is 0 Å². The van der Waals surface area contributed by atoms with Gasteiger partial charge in [-0.25, -0.2) is 0 Å². The number of hydrogen-bond donors (Lipinski definition) is 1. The minimum Gasteiger partial charge on any atom is -0.496 e. The van der Waals surface area contributed by atoms with Gasteiger partial charge in [-0.1, -0.05) is 31.2 Å². The second kappa shape index (κ2) is 5.15. The number of likely N-dealkylation sites (N-methyl/N-ethyl adjacent to an activating group) is 1. The van der Waals surface area contributed by atoms with E-state index in [9.17, 15) is 0 Å². The monoisotopic (exact) mass is 243 g/mol. The number of ether oxygens (including phenoxy) is 1. The molecule has 1 unspecified atom stereocenters. The third kappa shape index (κ3) is 2.17. The summed E-state index contributed by atoms with van der Waals surface area (Å²) in [4.78, 5) is 0. The zero-order valence-corrected chi connectivity index (χ0v) is 11.0. The number of nitrogens with one attached hydrogen (secondary N) is 1. The summed E-state index contributed by atoms with van der Waals surface area (Å²) in [6, 6.07) is 9.22. The molecule has 0 amide bonds. The first-order valence-corrected chi connectivity index (χ1v) is 7.01. The summed E-state index contributed by atoms with van der Waals surface area (Å²) in [6.07, 6.45) is 5.68. The van der Waals surface area contributed by atoms with Crippen molar-refractivity contribution < 1.29 is 4.74 Å². The standard InChI is InChI=1S/C16H21NO/c1-2-17-16(15-8-5-9-18-15)14-10-12-6-3-4-7-13(12)11-14/h3-4,6-8,14,16-17H,2,5,9-11H2,1H3. The highest BCUT2D eigenvalue weighted by Crippen LogP contribution is 2.32. The predicted molar refractivity (Wildman–Crippen MR) is 73.5 cm³/mol. The molecule has 2 nitrogen and oxygen atoms in total. The van der Waals surface area contributed by atoms with Crippen LogP contribution in [0, 0.1) is 5.92 Å². The molecule has 1 atom stereocenters. The maximum Gasteiger partial charge on any atom is 0.109 e. The summed E-state index contributed by atoms with van der Waals surface area (Å²) >= 11 is 0. The average Bonchev–Trinajstić information content (AvgIpc) is 3.04. The SMILES string of the molecule is CCNC(C1=CCCO1)C1Cc2ccccc2C1. The van der Waals surface area contributed by atoms with Crippen LogP contribution >= 0.6 is 0 Å². The Morgan fingerprint density at radius 1 is 1.28 bits per heavy atom. The number of fused-ring (bicyclic) bond motifs is 1. The van der Waals surface area contributed by atoms with Crippen LogP contribution in [0.1, 0.15) is 24.5 Å². The van der Waals surface area contributed by atoms with Crippen molar-refractivity contribution in [1.29, 1.82) is 0 Å². The van der Waals surface area contributed by atoms with Crippen molar-refractivity contribution in [1.82, 2.24) is 5.32 Å². The Hall–Kier alpha value is -1.28. The van der Waals surface area contributed by atoms with Crippen LogP contribution in [0.25, 0.3) is 0 Å². The second-order valence-corrected chi connectivity index (χ2v) is 5.22. The van der Waals surface area contributed by atoms with Gasteiger partial charge in [-0.05, 0) is 42.5 Å². The summed E-state index contributed by atoms with van der Waals surface area (Å²) in [7, 11) is 0. The molecule has 1 aromatic rings. The van der Waals surface area contributed by atoms with Crippen LogP contribution in [-0.2, 0) is 17.6 Å². The minimum atomic E-state index is 0.393. The second-order valence-electron chi connectivity index (χ2n) is 5.22. The molecule has 0 bridgehead atoms. The summed E-state index contributed by atoms with van der Waals surface area (Å²) in [5.74, 6) is 1.82. The Bertz CT molecular complexity index is 427. The molecule has 1 N–H and O–H groups in total. The van der Waals surface area contributed by atoms with Gasteiger partial charge in [-0.3, -0.25) is 0 Å². The van der Waals surface area contributed by atoms with Gasteiger partial charge in [0.1, 0.15) is 5.76 Å². The van der Waals surface area contributed by atoms with Crippen LogP contribution in [0.2, 0.25) is 0 Å². The Morgan fingerprint density at radius 2 is 2.00 bits per heavy atom. The van der Waals surface area contributed by atoms with E-state index in [1.54, 1.807) is 0 Å². The quantitative estimate of drug-likeness (QED) is 0.878. The molecule has 18 heavy (non-hydrogen) atoms. The molecule has 0 radical (unpaired) electrons. The fraction of sp³-hybridized carbons (Fsp3) is 0.500. The number of hydrogen-bond acceptors (Lipinski definition) is 2. The van der Waals surface area contributed by atoms with Crippen LogP contribution < -0.4 is 5.32 Å². The van der Waals surface area contributed by atoms with Gasteiger partial charge in [-0.15, -0.1) is 0 Å². The molecule has 0 saturated heterocycles. The van der Waals surface area contributed by atoms with Gasteiger partial charge in [0, 0.05) is 6.42 Å². The van der Waals surface area contributed by atoms with Gasteiger partial charge < -0.3 is 10.1 Å². The highest BCUT2D eigenvalue weighted by Gasteiger charge is 2.32. The Balaban J connectivity index is 1.77. The van der Waals surface area contributed by atoms with Gasteiger partial charge in [0.2, 0.25) is 0 Å². The van der Waals surface area contributed by atoms with E-state index in [0.29, 0.717) is 12.0 Å². The molecule has 2 aliphatic rings. The molecule has 0 aromatic heterocycles. The molecule has 0 spiro atoms. The molecule has 3 rings (SSSR count). The molecule has 2 heteroatoms. The van der Waals surface area contributed by atoms with E-state index in [0.717, 1.165) is 19.6 Å². The van der Waals surface area contributed by atoms with Gasteiger partial charge in [0.15, 0.2) is 0 Å². The minimum absolute atomic E-state index is 0.393. The predicted octanol–water partition coefficient (Wildman–Crippen LogP) is 2.68. The van der Waals surface area contributed by atoms with Gasteiger partial charge >= 0.3 is 0 Å². The Labute approximate surface area is 109 Å². The molecule has 1 aliphatic carbocycles. The van der Waals surface area contributed by atoms with E-state index in [-0.39, 0.29) is 0 Å². The van der Waals surface area contributed by atoms with E-state index in [1.165, 1.54) is 29.7 Å². The lowest BCUT2D eigenvalue weighted by atomic mass is 9.94. The summed E-state index contributed by atoms with van der Waals surface area (Å²) in [5, 5.41) is 3.61. The molecule has 0 saturated carbocycles. The van der Waals surface area contributed by atoms with Crippen molar-refractivity contribution in [2.75, 3.05) is 13.2 Å². The third-order valence-corrected chi connectivity index (χ3v) is 4.02. The highest BCUT2D eigenvalue weighted by molar-refractivity contribution is 5.33. The van der Waals surface area contributed by atoms with Crippen molar-refractivity contribution in [3.8, 4) is 0 Å². The zero-order chi connectivity index (χ0) is 12.4. The van der Waals surface area contributed by atoms with Crippen molar-refractivity contribution in [2.45, 2.75) is 32.2 Å². The highest BCUT2D eigenvalue weighted by atomic mass is 16.5. The van der Waals surface area contributed by atoms with E-state index >= 15 is 0 Å². The average molecular weight is 243 g/mol. The van der Waals surface area contributed by atoms with Crippen molar-refractivity contribution in [3.63, 3.8) is 0 Å². The van der Waals surface area contributed by atoms with Crippen LogP contribution in [0.15, 0.2) is 36.1 Å². The topological polar surface area (TPSA) is 21.3 Å². The number of rotatable bonds is 4. The first-order valence-electron chi connectivity index (χ1n) is 7.01. The molecule has 0 fully saturated rings. The molecular weight excluding hydrogens is 222 g/mol. The molecule has 1 aromatic carbocycles. The lowest BCUT2D eigenvalue weighted by molar-refractivity contribution is 0.194. The lowest BCUT2D eigenvalue weighted by Crippen LogP contribution is -2.38. The molecular formula is C16H21NO. The third-order valence-electron chi connectivity index (χ3n) is 4.02. The van der Waals surface area contributed by atoms with Crippen molar-refractivity contribution in [2.24, 2.45) is 5.92 Å². The maximum absolute atomic E-state index is 5.78. The Morgan fingerprint density at radius 3 is 2.56 bits per heavy atom. The smallest absolute Gasteiger partial charge is 0.109 e. The molecule has 96 valence electrons. The Kier molecular flexibility index (Phi) is 3.37. The van der Waals surface area contributed by atoms with Gasteiger partial charge in [0.25, 0.3) is 0 Å². The van der Waals surface area contributed by atoms with Crippen LogP contribution in [0.3, 0.4) is 0 Å². The first-order chi connectivity index (χ1) is 8.88. The maximum atomic E-state index is 5.78. The largest absolute Gasteiger partial charge is 0.496 e. The van der Waals surface area contributed by atoms with Crippen molar-refractivity contribution in [3.05, 3.63) is 47.2 Å². The lowest BCUT2D eigenvalue weighted by Gasteiger charge is -2.25. The van der Waals surface area contributed by atoms with E-state index in [2.05, 4.69) is 42.6 Å². The molecule has 1 aliphatic heterocycles. The fourth-order valence-electron chi connectivity index (χ4n) is 3.20. The van der Waals surface area contributed by atoms with E-state index in [4.69, 9.17) is 4.74 Å². The summed E-state index contributed by atoms with van der Waals surface area (Å²) in [5.41, 5.74) is 3.04.